The third kappa shape index (κ3) is 1.29. The average Bonchev–Trinajstić information content (AvgIpc) is 2.29. The van der Waals surface area contributed by atoms with Gasteiger partial charge in [0.1, 0.15) is 0 Å². The normalized spacial score (nSPS) is 14.0. The summed E-state index contributed by atoms with van der Waals surface area (Å²) >= 11 is 0. The van der Waals surface area contributed by atoms with Gasteiger partial charge in [-0.1, -0.05) is 18.2 Å². The lowest BCUT2D eigenvalue weighted by Gasteiger charge is -2.18. The van der Waals surface area contributed by atoms with Crippen molar-refractivity contribution in [2.45, 2.75) is 13.2 Å². The molecule has 80 valence electrons. The van der Waals surface area contributed by atoms with Crippen LogP contribution in [-0.4, -0.2) is 5.91 Å². The molecule has 3 heteroatoms. The summed E-state index contributed by atoms with van der Waals surface area (Å²) < 4.78 is 5.47. The predicted octanol–water partition coefficient (Wildman–Crippen LogP) is 1.97. The Hall–Kier alpha value is -1.87. The van der Waals surface area contributed by atoms with Crippen molar-refractivity contribution in [3.63, 3.8) is 0 Å². The molecule has 2 N–H and O–H groups in total. The van der Waals surface area contributed by atoms with Gasteiger partial charge < -0.3 is 10.5 Å². The van der Waals surface area contributed by atoms with Gasteiger partial charge in [0.05, 0.1) is 13.2 Å². The van der Waals surface area contributed by atoms with E-state index in [-0.39, 0.29) is 0 Å². The van der Waals surface area contributed by atoms with Crippen LogP contribution in [0.5, 0.6) is 0 Å². The van der Waals surface area contributed by atoms with Gasteiger partial charge in [-0.3, -0.25) is 4.79 Å². The van der Waals surface area contributed by atoms with Gasteiger partial charge in [-0.25, -0.2) is 0 Å². The minimum absolute atomic E-state index is 0.394. The molecule has 0 atom stereocenters. The van der Waals surface area contributed by atoms with Crippen LogP contribution in [-0.2, 0) is 18.0 Å². The van der Waals surface area contributed by atoms with E-state index in [1.807, 2.05) is 24.3 Å². The van der Waals surface area contributed by atoms with Gasteiger partial charge in [-0.05, 0) is 34.0 Å². The van der Waals surface area contributed by atoms with Crippen molar-refractivity contribution in [3.8, 4) is 0 Å². The number of nitrogens with two attached hydrogens (primary N) is 1. The molecule has 3 rings (SSSR count). The summed E-state index contributed by atoms with van der Waals surface area (Å²) in [7, 11) is 0. The van der Waals surface area contributed by atoms with Gasteiger partial charge in [0, 0.05) is 5.56 Å². The molecule has 2 aromatic carbocycles. The molecule has 1 heterocycles. The lowest BCUT2D eigenvalue weighted by molar-refractivity contribution is 0.0993. The highest BCUT2D eigenvalue weighted by atomic mass is 16.5. The van der Waals surface area contributed by atoms with Crippen molar-refractivity contribution in [2.24, 2.45) is 5.73 Å². The van der Waals surface area contributed by atoms with Crippen LogP contribution in [0, 0.1) is 0 Å². The fraction of sp³-hybridized carbons (Fsp3) is 0.154. The summed E-state index contributed by atoms with van der Waals surface area (Å²) in [5, 5.41) is 2.27. The van der Waals surface area contributed by atoms with E-state index in [0.29, 0.717) is 18.8 Å². The van der Waals surface area contributed by atoms with Gasteiger partial charge >= 0.3 is 0 Å². The zero-order chi connectivity index (χ0) is 11.1. The highest BCUT2D eigenvalue weighted by Crippen LogP contribution is 2.29. The van der Waals surface area contributed by atoms with Crippen molar-refractivity contribution in [2.75, 3.05) is 0 Å². The molecule has 0 aliphatic carbocycles. The number of ether oxygens (including phenoxy) is 1. The van der Waals surface area contributed by atoms with Crippen LogP contribution in [0.25, 0.3) is 10.8 Å². The Morgan fingerprint density at radius 2 is 2.00 bits per heavy atom. The largest absolute Gasteiger partial charge is 0.372 e. The fourth-order valence-electron chi connectivity index (χ4n) is 2.25. The summed E-state index contributed by atoms with van der Waals surface area (Å²) in [6.45, 7) is 1.19. The van der Waals surface area contributed by atoms with Crippen LogP contribution in [0.3, 0.4) is 0 Å². The van der Waals surface area contributed by atoms with E-state index in [9.17, 15) is 4.79 Å². The first-order valence-corrected chi connectivity index (χ1v) is 5.18. The van der Waals surface area contributed by atoms with Crippen molar-refractivity contribution >= 4 is 16.7 Å². The van der Waals surface area contributed by atoms with Crippen LogP contribution >= 0.6 is 0 Å². The summed E-state index contributed by atoms with van der Waals surface area (Å²) in [5.74, 6) is -0.394. The molecule has 0 bridgehead atoms. The maximum Gasteiger partial charge on any atom is 0.248 e. The third-order valence-corrected chi connectivity index (χ3v) is 2.94. The Bertz CT molecular complexity index is 590. The third-order valence-electron chi connectivity index (χ3n) is 2.94. The number of carbonyl (C=O) groups is 1. The molecule has 0 spiro atoms. The maximum atomic E-state index is 11.2. The molecule has 1 aliphatic rings. The van der Waals surface area contributed by atoms with Crippen molar-refractivity contribution in [1.82, 2.24) is 0 Å². The number of rotatable bonds is 1. The lowest BCUT2D eigenvalue weighted by atomic mass is 9.95. The van der Waals surface area contributed by atoms with E-state index in [1.54, 1.807) is 0 Å². The first-order valence-electron chi connectivity index (χ1n) is 5.18. The summed E-state index contributed by atoms with van der Waals surface area (Å²) in [4.78, 5) is 11.2. The zero-order valence-corrected chi connectivity index (χ0v) is 8.69. The Kier molecular flexibility index (Phi) is 1.94. The Labute approximate surface area is 92.8 Å². The number of benzene rings is 2. The summed E-state index contributed by atoms with van der Waals surface area (Å²) in [6, 6.07) is 9.69. The molecule has 1 amide bonds. The molecular weight excluding hydrogens is 202 g/mol. The number of primary amides is 1. The molecule has 2 aromatic rings. The highest BCUT2D eigenvalue weighted by Gasteiger charge is 2.14. The van der Waals surface area contributed by atoms with Crippen LogP contribution in [0.2, 0.25) is 0 Å². The molecule has 0 aromatic heterocycles. The number of hydrogen-bond acceptors (Lipinski definition) is 2. The van der Waals surface area contributed by atoms with E-state index < -0.39 is 5.91 Å². The van der Waals surface area contributed by atoms with Crippen LogP contribution in [0.1, 0.15) is 21.5 Å². The SMILES string of the molecule is NC(=O)c1cc2c3c(cccc3c1)COC2. The van der Waals surface area contributed by atoms with Crippen LogP contribution in [0.4, 0.5) is 0 Å². The Morgan fingerprint density at radius 1 is 1.19 bits per heavy atom. The number of amides is 1. The van der Waals surface area contributed by atoms with Gasteiger partial charge in [-0.2, -0.15) is 0 Å². The average molecular weight is 213 g/mol. The first kappa shape index (κ1) is 9.36. The Morgan fingerprint density at radius 3 is 2.81 bits per heavy atom. The predicted molar refractivity (Wildman–Crippen MR) is 61.0 cm³/mol. The standard InChI is InChI=1S/C13H11NO2/c14-13(15)10-4-8-2-1-3-9-6-16-7-11(5-10)12(8)9/h1-5H,6-7H2,(H2,14,15). The lowest BCUT2D eigenvalue weighted by Crippen LogP contribution is -2.13. The van der Waals surface area contributed by atoms with Crippen molar-refractivity contribution in [3.05, 3.63) is 47.0 Å². The highest BCUT2D eigenvalue weighted by molar-refractivity contribution is 5.99. The quantitative estimate of drug-likeness (QED) is 0.787. The fourth-order valence-corrected chi connectivity index (χ4v) is 2.25. The monoisotopic (exact) mass is 213 g/mol. The summed E-state index contributed by atoms with van der Waals surface area (Å²) in [6.07, 6.45) is 0. The molecule has 0 radical (unpaired) electrons. The van der Waals surface area contributed by atoms with E-state index >= 15 is 0 Å². The first-order chi connectivity index (χ1) is 7.75. The molecular formula is C13H11NO2. The second kappa shape index (κ2) is 3.32. The van der Waals surface area contributed by atoms with E-state index in [1.165, 1.54) is 10.9 Å². The van der Waals surface area contributed by atoms with Crippen molar-refractivity contribution < 1.29 is 9.53 Å². The molecule has 0 saturated carbocycles. The van der Waals surface area contributed by atoms with Gasteiger partial charge in [0.2, 0.25) is 5.91 Å². The second-order valence-corrected chi connectivity index (χ2v) is 4.01. The number of hydrogen-bond donors (Lipinski definition) is 1. The van der Waals surface area contributed by atoms with Crippen LogP contribution in [0.15, 0.2) is 30.3 Å². The van der Waals surface area contributed by atoms with Crippen LogP contribution < -0.4 is 5.73 Å². The molecule has 0 unspecified atom stereocenters. The van der Waals surface area contributed by atoms with E-state index in [4.69, 9.17) is 10.5 Å². The number of carbonyl (C=O) groups excluding carboxylic acids is 1. The van der Waals surface area contributed by atoms with Crippen molar-refractivity contribution in [1.29, 1.82) is 0 Å². The molecule has 1 aliphatic heterocycles. The minimum atomic E-state index is -0.394. The van der Waals surface area contributed by atoms with Gasteiger partial charge in [-0.15, -0.1) is 0 Å². The van der Waals surface area contributed by atoms with E-state index in [0.717, 1.165) is 10.9 Å². The molecule has 0 saturated heterocycles. The maximum absolute atomic E-state index is 11.2. The summed E-state index contributed by atoms with van der Waals surface area (Å²) in [5.41, 5.74) is 8.08. The second-order valence-electron chi connectivity index (χ2n) is 4.01. The molecule has 16 heavy (non-hydrogen) atoms. The zero-order valence-electron chi connectivity index (χ0n) is 8.69. The van der Waals surface area contributed by atoms with E-state index in [2.05, 4.69) is 6.07 Å². The van der Waals surface area contributed by atoms with Gasteiger partial charge in [0.25, 0.3) is 0 Å². The molecule has 0 fully saturated rings. The smallest absolute Gasteiger partial charge is 0.248 e. The molecule has 3 nitrogen and oxygen atoms in total. The minimum Gasteiger partial charge on any atom is -0.372 e. The Balaban J connectivity index is 2.39. The topological polar surface area (TPSA) is 52.3 Å². The van der Waals surface area contributed by atoms with Gasteiger partial charge in [0.15, 0.2) is 0 Å².